The van der Waals surface area contributed by atoms with E-state index in [-0.39, 0.29) is 19.1 Å². The van der Waals surface area contributed by atoms with Gasteiger partial charge in [0.1, 0.15) is 0 Å². The Morgan fingerprint density at radius 1 is 1.16 bits per heavy atom. The number of nitrogens with one attached hydrogen (secondary N) is 2. The molecule has 2 N–H and O–H groups in total. The Bertz CT molecular complexity index is 1120. The van der Waals surface area contributed by atoms with Crippen LogP contribution in [0.3, 0.4) is 0 Å². The lowest BCUT2D eigenvalue weighted by Crippen LogP contribution is -2.73. The molecule has 0 radical (unpaired) electrons. The molecule has 4 heterocycles. The lowest BCUT2D eigenvalue weighted by molar-refractivity contribution is -0.149. The van der Waals surface area contributed by atoms with E-state index in [2.05, 4.69) is 25.7 Å². The van der Waals surface area contributed by atoms with Crippen LogP contribution in [0, 0.1) is 5.41 Å². The second kappa shape index (κ2) is 6.86. The Morgan fingerprint density at radius 3 is 2.66 bits per heavy atom. The summed E-state index contributed by atoms with van der Waals surface area (Å²) in [7, 11) is 0. The number of morpholine rings is 1. The first-order valence-corrected chi connectivity index (χ1v) is 11.0. The molecule has 1 aromatic heterocycles. The zero-order chi connectivity index (χ0) is 22.0. The van der Waals surface area contributed by atoms with Crippen LogP contribution in [0.1, 0.15) is 43.6 Å². The van der Waals surface area contributed by atoms with Crippen molar-refractivity contribution in [3.05, 3.63) is 29.7 Å². The third kappa shape index (κ3) is 2.72. The lowest BCUT2D eigenvalue weighted by atomic mass is 9.68. The zero-order valence-electron chi connectivity index (χ0n) is 17.6. The third-order valence-electron chi connectivity index (χ3n) is 7.21. The normalized spacial score (nSPS) is 26.8. The monoisotopic (exact) mass is 437 g/mol. The molecule has 2 aromatic rings. The molecule has 166 valence electrons. The van der Waals surface area contributed by atoms with Gasteiger partial charge in [0.2, 0.25) is 23.5 Å². The van der Waals surface area contributed by atoms with Gasteiger partial charge in [0.05, 0.1) is 18.8 Å². The van der Waals surface area contributed by atoms with Crippen molar-refractivity contribution in [2.45, 2.75) is 50.7 Å². The van der Waals surface area contributed by atoms with E-state index in [9.17, 15) is 14.4 Å². The minimum atomic E-state index is -1.46. The highest BCUT2D eigenvalue weighted by Gasteiger charge is 2.60. The SMILES string of the molecule is C[C@@H]1CN2c3ccc(-c4noc(C5CCC5)n4)cc3CC3(C(=O)NC(=O)NC3=O)C2CO1. The minimum Gasteiger partial charge on any atom is -0.374 e. The summed E-state index contributed by atoms with van der Waals surface area (Å²) in [6.45, 7) is 2.70. The molecule has 2 atom stereocenters. The van der Waals surface area contributed by atoms with E-state index >= 15 is 0 Å². The Labute approximate surface area is 183 Å². The fourth-order valence-electron chi connectivity index (χ4n) is 5.24. The molecule has 32 heavy (non-hydrogen) atoms. The summed E-state index contributed by atoms with van der Waals surface area (Å²) < 4.78 is 11.3. The third-order valence-corrected chi connectivity index (χ3v) is 7.21. The molecule has 2 saturated heterocycles. The predicted molar refractivity (Wildman–Crippen MR) is 111 cm³/mol. The highest BCUT2D eigenvalue weighted by Crippen LogP contribution is 2.45. The fraction of sp³-hybridized carbons (Fsp3) is 0.500. The van der Waals surface area contributed by atoms with Crippen LogP contribution in [-0.2, 0) is 20.7 Å². The van der Waals surface area contributed by atoms with Crippen molar-refractivity contribution in [2.24, 2.45) is 5.41 Å². The van der Waals surface area contributed by atoms with Gasteiger partial charge in [-0.1, -0.05) is 11.6 Å². The molecule has 1 aliphatic carbocycles. The first kappa shape index (κ1) is 19.4. The number of hydrogen-bond donors (Lipinski definition) is 2. The van der Waals surface area contributed by atoms with Crippen LogP contribution >= 0.6 is 0 Å². The van der Waals surface area contributed by atoms with Crippen molar-refractivity contribution >= 4 is 23.5 Å². The zero-order valence-corrected chi connectivity index (χ0v) is 17.6. The summed E-state index contributed by atoms with van der Waals surface area (Å²) in [6.07, 6.45) is 3.39. The molecule has 10 heteroatoms. The molecule has 6 rings (SSSR count). The topological polar surface area (TPSA) is 127 Å². The van der Waals surface area contributed by atoms with E-state index in [0.717, 1.165) is 29.7 Å². The van der Waals surface area contributed by atoms with Gasteiger partial charge in [-0.05, 0) is 49.9 Å². The van der Waals surface area contributed by atoms with Gasteiger partial charge in [-0.15, -0.1) is 0 Å². The summed E-state index contributed by atoms with van der Waals surface area (Å²) in [5.74, 6) is 0.297. The number of carbonyl (C=O) groups is 3. The van der Waals surface area contributed by atoms with Crippen molar-refractivity contribution < 1.29 is 23.6 Å². The van der Waals surface area contributed by atoms with Crippen molar-refractivity contribution in [1.29, 1.82) is 0 Å². The molecule has 1 aromatic carbocycles. The number of rotatable bonds is 2. The van der Waals surface area contributed by atoms with Crippen LogP contribution < -0.4 is 15.5 Å². The molecule has 10 nitrogen and oxygen atoms in total. The van der Waals surface area contributed by atoms with Crippen LogP contribution in [0.4, 0.5) is 10.5 Å². The summed E-state index contributed by atoms with van der Waals surface area (Å²) in [4.78, 5) is 44.6. The van der Waals surface area contributed by atoms with Crippen LogP contribution in [0.25, 0.3) is 11.4 Å². The van der Waals surface area contributed by atoms with Crippen molar-refractivity contribution in [2.75, 3.05) is 18.1 Å². The van der Waals surface area contributed by atoms with Crippen LogP contribution in [-0.4, -0.2) is 53.3 Å². The van der Waals surface area contributed by atoms with E-state index in [0.29, 0.717) is 24.2 Å². The number of imide groups is 2. The molecular formula is C22H23N5O5. The molecule has 1 spiro atoms. The number of barbiturate groups is 1. The number of ether oxygens (including phenoxy) is 1. The summed E-state index contributed by atoms with van der Waals surface area (Å²) in [5, 5.41) is 8.73. The van der Waals surface area contributed by atoms with Crippen LogP contribution in [0.2, 0.25) is 0 Å². The number of hydrogen-bond acceptors (Lipinski definition) is 8. The van der Waals surface area contributed by atoms with Crippen molar-refractivity contribution in [1.82, 2.24) is 20.8 Å². The predicted octanol–water partition coefficient (Wildman–Crippen LogP) is 1.51. The van der Waals surface area contributed by atoms with Gasteiger partial charge in [0, 0.05) is 23.7 Å². The maximum atomic E-state index is 13.1. The molecule has 1 saturated carbocycles. The van der Waals surface area contributed by atoms with E-state index in [1.54, 1.807) is 0 Å². The van der Waals surface area contributed by atoms with Crippen LogP contribution in [0.15, 0.2) is 22.7 Å². The van der Waals surface area contributed by atoms with Gasteiger partial charge in [-0.3, -0.25) is 20.2 Å². The maximum absolute atomic E-state index is 13.1. The molecule has 1 unspecified atom stereocenters. The Hall–Kier alpha value is -3.27. The second-order valence-electron chi connectivity index (χ2n) is 9.13. The average Bonchev–Trinajstić information content (AvgIpc) is 3.19. The quantitative estimate of drug-likeness (QED) is 0.677. The summed E-state index contributed by atoms with van der Waals surface area (Å²) >= 11 is 0. The lowest BCUT2D eigenvalue weighted by Gasteiger charge is -2.53. The van der Waals surface area contributed by atoms with E-state index in [1.165, 1.54) is 6.42 Å². The van der Waals surface area contributed by atoms with E-state index in [4.69, 9.17) is 9.26 Å². The average molecular weight is 437 g/mol. The Morgan fingerprint density at radius 2 is 1.94 bits per heavy atom. The number of benzene rings is 1. The largest absolute Gasteiger partial charge is 0.374 e. The number of amides is 4. The van der Waals surface area contributed by atoms with E-state index < -0.39 is 29.3 Å². The smallest absolute Gasteiger partial charge is 0.328 e. The first-order valence-electron chi connectivity index (χ1n) is 11.0. The highest BCUT2D eigenvalue weighted by molar-refractivity contribution is 6.20. The second-order valence-corrected chi connectivity index (χ2v) is 9.13. The fourth-order valence-corrected chi connectivity index (χ4v) is 5.24. The highest BCUT2D eigenvalue weighted by atomic mass is 16.5. The summed E-state index contributed by atoms with van der Waals surface area (Å²) in [5.41, 5.74) is 1.07. The minimum absolute atomic E-state index is 0.0625. The standard InChI is InChI=1S/C22H23N5O5/c1-11-9-27-15-6-5-13(17-23-18(32-26-17)12-3-2-4-12)7-14(15)8-22(16(27)10-31-11)19(28)24-21(30)25-20(22)29/h5-7,11-12,16H,2-4,8-10H2,1H3,(H2,24,25,28,29,30)/t11-,16?/m1/s1. The Balaban J connectivity index is 1.43. The molecular weight excluding hydrogens is 414 g/mol. The number of anilines is 1. The van der Waals surface area contributed by atoms with Crippen molar-refractivity contribution in [3.63, 3.8) is 0 Å². The number of urea groups is 1. The number of fused-ring (bicyclic) bond motifs is 4. The van der Waals surface area contributed by atoms with Gasteiger partial charge < -0.3 is 14.2 Å². The molecule has 3 aliphatic heterocycles. The number of nitrogens with zero attached hydrogens (tertiary/aromatic N) is 3. The molecule has 4 aliphatic rings. The number of aromatic nitrogens is 2. The van der Waals surface area contributed by atoms with Gasteiger partial charge in [-0.2, -0.15) is 4.98 Å². The van der Waals surface area contributed by atoms with Gasteiger partial charge in [0.15, 0.2) is 5.41 Å². The molecule has 4 amide bonds. The molecule has 0 bridgehead atoms. The van der Waals surface area contributed by atoms with Crippen molar-refractivity contribution in [3.8, 4) is 11.4 Å². The number of carbonyl (C=O) groups excluding carboxylic acids is 3. The Kier molecular flexibility index (Phi) is 4.16. The van der Waals surface area contributed by atoms with Crippen LogP contribution in [0.5, 0.6) is 0 Å². The van der Waals surface area contributed by atoms with Gasteiger partial charge in [-0.25, -0.2) is 4.79 Å². The first-order chi connectivity index (χ1) is 15.5. The molecule has 3 fully saturated rings. The van der Waals surface area contributed by atoms with Gasteiger partial charge >= 0.3 is 6.03 Å². The maximum Gasteiger partial charge on any atom is 0.328 e. The van der Waals surface area contributed by atoms with E-state index in [1.807, 2.05) is 25.1 Å². The summed E-state index contributed by atoms with van der Waals surface area (Å²) in [6, 6.07) is 4.53. The van der Waals surface area contributed by atoms with Gasteiger partial charge in [0.25, 0.3) is 0 Å².